The number of nitrogens with zero attached hydrogens (tertiary/aromatic N) is 3. The number of carbonyl (C=O) groups excluding carboxylic acids is 2. The van der Waals surface area contributed by atoms with E-state index in [1.807, 2.05) is 30.3 Å². The third-order valence-corrected chi connectivity index (χ3v) is 4.81. The number of aryl methyl sites for hydroxylation is 1. The predicted molar refractivity (Wildman–Crippen MR) is 107 cm³/mol. The van der Waals surface area contributed by atoms with Crippen LogP contribution in [0.5, 0.6) is 11.5 Å². The van der Waals surface area contributed by atoms with E-state index in [4.69, 9.17) is 4.74 Å². The number of hydrogen-bond donors (Lipinski definition) is 2. The quantitative estimate of drug-likeness (QED) is 0.311. The molecule has 1 saturated heterocycles. The van der Waals surface area contributed by atoms with Crippen LogP contribution in [0, 0.1) is 10.1 Å². The molecule has 0 aromatic heterocycles. The Balaban J connectivity index is 1.79. The van der Waals surface area contributed by atoms with E-state index < -0.39 is 33.8 Å². The number of nitro benzene ring substituents is 1. The number of urea groups is 1. The second-order valence-corrected chi connectivity index (χ2v) is 6.96. The summed E-state index contributed by atoms with van der Waals surface area (Å²) in [6, 6.07) is 11.2. The number of benzene rings is 2. The molecule has 2 N–H and O–H groups in total. The van der Waals surface area contributed by atoms with Crippen molar-refractivity contribution in [2.24, 2.45) is 5.10 Å². The summed E-state index contributed by atoms with van der Waals surface area (Å²) in [5.41, 5.74) is -0.495. The maximum atomic E-state index is 12.8. The van der Waals surface area contributed by atoms with Gasteiger partial charge in [0.25, 0.3) is 5.91 Å². The normalized spacial score (nSPS) is 18.7. The SMILES string of the molecule is COc1cc(/C=N/N2C(=O)N[C@@](C)(CCc3ccccc3)C2=O)cc([N+](=O)[O-])c1O. The van der Waals surface area contributed by atoms with E-state index in [-0.39, 0.29) is 11.3 Å². The third-order valence-electron chi connectivity index (χ3n) is 4.81. The Labute approximate surface area is 171 Å². The standard InChI is InChI=1S/C20H20N4O6/c1-20(9-8-13-6-4-3-5-7-13)18(26)23(19(27)22-20)21-12-14-10-15(24(28)29)17(25)16(11-14)30-2/h3-7,10-12,25H,8-9H2,1-2H3,(H,22,27)/b21-12+/t20-/m0/s1. The number of hydrazone groups is 1. The molecule has 3 rings (SSSR count). The van der Waals surface area contributed by atoms with Gasteiger partial charge in [-0.2, -0.15) is 5.10 Å². The van der Waals surface area contributed by atoms with Crippen LogP contribution in [0.3, 0.4) is 0 Å². The Kier molecular flexibility index (Phi) is 5.67. The molecule has 0 spiro atoms. The van der Waals surface area contributed by atoms with Crippen molar-refractivity contribution in [3.63, 3.8) is 0 Å². The number of ether oxygens (including phenoxy) is 1. The van der Waals surface area contributed by atoms with Crippen molar-refractivity contribution < 1.29 is 24.4 Å². The Morgan fingerprint density at radius 1 is 1.30 bits per heavy atom. The number of imide groups is 1. The van der Waals surface area contributed by atoms with Crippen LogP contribution >= 0.6 is 0 Å². The molecule has 30 heavy (non-hydrogen) atoms. The zero-order valence-electron chi connectivity index (χ0n) is 16.4. The zero-order valence-corrected chi connectivity index (χ0v) is 16.4. The van der Waals surface area contributed by atoms with Gasteiger partial charge in [-0.15, -0.1) is 5.01 Å². The average molecular weight is 412 g/mol. The van der Waals surface area contributed by atoms with E-state index in [0.717, 1.165) is 17.8 Å². The lowest BCUT2D eigenvalue weighted by Crippen LogP contribution is -2.44. The van der Waals surface area contributed by atoms with Crippen LogP contribution in [0.15, 0.2) is 47.6 Å². The molecule has 1 atom stereocenters. The number of nitrogens with one attached hydrogen (secondary N) is 1. The molecular weight excluding hydrogens is 392 g/mol. The van der Waals surface area contributed by atoms with Gasteiger partial charge in [-0.1, -0.05) is 30.3 Å². The molecule has 10 heteroatoms. The Hall–Kier alpha value is -3.95. The number of amides is 3. The summed E-state index contributed by atoms with van der Waals surface area (Å²) in [4.78, 5) is 35.4. The largest absolute Gasteiger partial charge is 0.500 e. The maximum absolute atomic E-state index is 12.8. The highest BCUT2D eigenvalue weighted by Crippen LogP contribution is 2.36. The molecule has 156 valence electrons. The van der Waals surface area contributed by atoms with Crippen molar-refractivity contribution in [2.75, 3.05) is 7.11 Å². The fourth-order valence-corrected chi connectivity index (χ4v) is 3.09. The summed E-state index contributed by atoms with van der Waals surface area (Å²) in [5.74, 6) is -1.28. The van der Waals surface area contributed by atoms with E-state index in [1.165, 1.54) is 13.2 Å². The molecule has 0 bridgehead atoms. The number of carbonyl (C=O) groups is 2. The van der Waals surface area contributed by atoms with Crippen LogP contribution in [-0.2, 0) is 11.2 Å². The van der Waals surface area contributed by atoms with Gasteiger partial charge >= 0.3 is 11.7 Å². The Morgan fingerprint density at radius 2 is 2.00 bits per heavy atom. The lowest BCUT2D eigenvalue weighted by Gasteiger charge is -2.20. The number of aromatic hydroxyl groups is 1. The molecule has 0 aliphatic carbocycles. The second kappa shape index (κ2) is 8.19. The van der Waals surface area contributed by atoms with Crippen molar-refractivity contribution >= 4 is 23.8 Å². The van der Waals surface area contributed by atoms with Gasteiger partial charge in [0.1, 0.15) is 5.54 Å². The van der Waals surface area contributed by atoms with E-state index in [9.17, 15) is 24.8 Å². The number of hydrogen-bond acceptors (Lipinski definition) is 7. The van der Waals surface area contributed by atoms with Gasteiger partial charge < -0.3 is 15.2 Å². The van der Waals surface area contributed by atoms with Crippen molar-refractivity contribution in [2.45, 2.75) is 25.3 Å². The molecule has 1 heterocycles. The highest BCUT2D eigenvalue weighted by Gasteiger charge is 2.47. The van der Waals surface area contributed by atoms with Gasteiger partial charge in [0.15, 0.2) is 5.75 Å². The zero-order chi connectivity index (χ0) is 21.9. The summed E-state index contributed by atoms with van der Waals surface area (Å²) in [5, 5.41) is 28.2. The molecule has 10 nitrogen and oxygen atoms in total. The number of rotatable bonds is 7. The van der Waals surface area contributed by atoms with Gasteiger partial charge in [-0.05, 0) is 31.4 Å². The summed E-state index contributed by atoms with van der Waals surface area (Å²) >= 11 is 0. The summed E-state index contributed by atoms with van der Waals surface area (Å²) in [6.45, 7) is 1.63. The second-order valence-electron chi connectivity index (χ2n) is 6.96. The van der Waals surface area contributed by atoms with Crippen LogP contribution in [0.4, 0.5) is 10.5 Å². The van der Waals surface area contributed by atoms with Gasteiger partial charge in [0.2, 0.25) is 5.75 Å². The summed E-state index contributed by atoms with van der Waals surface area (Å²) in [6.07, 6.45) is 2.09. The van der Waals surface area contributed by atoms with Crippen molar-refractivity contribution in [3.05, 3.63) is 63.7 Å². The molecule has 3 amide bonds. The van der Waals surface area contributed by atoms with Crippen LogP contribution in [0.1, 0.15) is 24.5 Å². The number of phenolic OH excluding ortho intramolecular Hbond substituents is 1. The van der Waals surface area contributed by atoms with Crippen LogP contribution in [0.2, 0.25) is 0 Å². The van der Waals surface area contributed by atoms with Crippen LogP contribution < -0.4 is 10.1 Å². The monoisotopic (exact) mass is 412 g/mol. The number of phenols is 1. The first-order chi connectivity index (χ1) is 14.2. The van der Waals surface area contributed by atoms with Crippen LogP contribution in [0.25, 0.3) is 0 Å². The minimum absolute atomic E-state index is 0.129. The molecular formula is C20H20N4O6. The molecule has 1 aliphatic heterocycles. The minimum Gasteiger partial charge on any atom is -0.500 e. The first kappa shape index (κ1) is 20.8. The van der Waals surface area contributed by atoms with Gasteiger partial charge in [0.05, 0.1) is 18.2 Å². The number of nitro groups is 1. The molecule has 0 radical (unpaired) electrons. The van der Waals surface area contributed by atoms with E-state index in [2.05, 4.69) is 10.4 Å². The molecule has 0 saturated carbocycles. The average Bonchev–Trinajstić information content (AvgIpc) is 2.94. The Morgan fingerprint density at radius 3 is 2.63 bits per heavy atom. The third kappa shape index (κ3) is 4.07. The topological polar surface area (TPSA) is 134 Å². The fourth-order valence-electron chi connectivity index (χ4n) is 3.09. The number of methoxy groups -OCH3 is 1. The Bertz CT molecular complexity index is 1020. The molecule has 1 fully saturated rings. The van der Waals surface area contributed by atoms with Crippen molar-refractivity contribution in [3.8, 4) is 11.5 Å². The maximum Gasteiger partial charge on any atom is 0.346 e. The lowest BCUT2D eigenvalue weighted by atomic mass is 9.93. The van der Waals surface area contributed by atoms with Crippen molar-refractivity contribution in [1.82, 2.24) is 10.3 Å². The summed E-state index contributed by atoms with van der Waals surface area (Å²) in [7, 11) is 1.25. The first-order valence-electron chi connectivity index (χ1n) is 9.05. The lowest BCUT2D eigenvalue weighted by molar-refractivity contribution is -0.386. The predicted octanol–water partition coefficient (Wildman–Crippen LogP) is 2.59. The van der Waals surface area contributed by atoms with E-state index in [1.54, 1.807) is 6.92 Å². The van der Waals surface area contributed by atoms with E-state index >= 15 is 0 Å². The smallest absolute Gasteiger partial charge is 0.346 e. The van der Waals surface area contributed by atoms with Gasteiger partial charge in [-0.25, -0.2) is 4.79 Å². The molecule has 0 unspecified atom stereocenters. The highest BCUT2D eigenvalue weighted by atomic mass is 16.6. The van der Waals surface area contributed by atoms with Gasteiger partial charge in [-0.3, -0.25) is 14.9 Å². The summed E-state index contributed by atoms with van der Waals surface area (Å²) < 4.78 is 4.92. The molecule has 2 aromatic carbocycles. The highest BCUT2D eigenvalue weighted by molar-refractivity contribution is 6.07. The van der Waals surface area contributed by atoms with Gasteiger partial charge in [0, 0.05) is 11.6 Å². The van der Waals surface area contributed by atoms with E-state index in [0.29, 0.717) is 17.9 Å². The fraction of sp³-hybridized carbons (Fsp3) is 0.250. The van der Waals surface area contributed by atoms with Crippen molar-refractivity contribution in [1.29, 1.82) is 0 Å². The molecule has 1 aliphatic rings. The minimum atomic E-state index is -1.12. The van der Waals surface area contributed by atoms with Crippen LogP contribution in [-0.4, -0.2) is 45.8 Å². The first-order valence-corrected chi connectivity index (χ1v) is 9.05. The molecule has 2 aromatic rings.